The summed E-state index contributed by atoms with van der Waals surface area (Å²) in [6.07, 6.45) is 0. The van der Waals surface area contributed by atoms with E-state index in [1.807, 2.05) is 43.5 Å². The predicted octanol–water partition coefficient (Wildman–Crippen LogP) is -0.0358. The molecule has 156 valence electrons. The molecule has 3 rings (SSSR count). The Morgan fingerprint density at radius 3 is 2.28 bits per heavy atom. The lowest BCUT2D eigenvalue weighted by molar-refractivity contribution is -1.00. The molecular weight excluding hydrogens is 384 g/mol. The summed E-state index contributed by atoms with van der Waals surface area (Å²) >= 11 is 1.66. The van der Waals surface area contributed by atoms with Crippen molar-refractivity contribution in [2.24, 2.45) is 0 Å². The minimum absolute atomic E-state index is 0.0552. The summed E-state index contributed by atoms with van der Waals surface area (Å²) in [5.74, 6) is 0.150. The fourth-order valence-corrected chi connectivity index (χ4v) is 4.48. The third-order valence-electron chi connectivity index (χ3n) is 5.71. The number of carbonyl (C=O) groups excluding carboxylic acids is 2. The van der Waals surface area contributed by atoms with Crippen LogP contribution in [0, 0.1) is 13.8 Å². The molecule has 2 heterocycles. The molecule has 1 aliphatic rings. The highest BCUT2D eigenvalue weighted by molar-refractivity contribution is 7.10. The zero-order valence-electron chi connectivity index (χ0n) is 17.5. The molecule has 1 aliphatic heterocycles. The molecule has 7 heteroatoms. The quantitative estimate of drug-likeness (QED) is 0.512. The van der Waals surface area contributed by atoms with Gasteiger partial charge in [0.2, 0.25) is 0 Å². The molecule has 0 unspecified atom stereocenters. The van der Waals surface area contributed by atoms with Crippen molar-refractivity contribution in [1.29, 1.82) is 0 Å². The summed E-state index contributed by atoms with van der Waals surface area (Å²) in [5.41, 5.74) is 3.20. The van der Waals surface area contributed by atoms with Gasteiger partial charge in [-0.1, -0.05) is 18.2 Å². The predicted molar refractivity (Wildman–Crippen MR) is 117 cm³/mol. The highest BCUT2D eigenvalue weighted by atomic mass is 32.1. The van der Waals surface area contributed by atoms with Crippen molar-refractivity contribution in [1.82, 2.24) is 5.32 Å². The van der Waals surface area contributed by atoms with Gasteiger partial charge in [0.15, 0.2) is 13.1 Å². The number of hydrogen-bond acceptors (Lipinski definition) is 3. The lowest BCUT2D eigenvalue weighted by atomic mass is 10.1. The van der Waals surface area contributed by atoms with E-state index in [0.717, 1.165) is 37.4 Å². The molecule has 1 aromatic carbocycles. The van der Waals surface area contributed by atoms with Crippen LogP contribution in [-0.2, 0) is 9.59 Å². The molecule has 1 fully saturated rings. The molecule has 0 bridgehead atoms. The first-order valence-electron chi connectivity index (χ1n) is 10.3. The Labute approximate surface area is 176 Å². The number of carbonyl (C=O) groups is 2. The molecule has 0 radical (unpaired) electrons. The maximum absolute atomic E-state index is 12.4. The van der Waals surface area contributed by atoms with Gasteiger partial charge >= 0.3 is 0 Å². The smallest absolute Gasteiger partial charge is 0.279 e. The van der Waals surface area contributed by atoms with Crippen LogP contribution in [0.1, 0.15) is 29.0 Å². The van der Waals surface area contributed by atoms with Crippen LogP contribution in [0.3, 0.4) is 0 Å². The van der Waals surface area contributed by atoms with Gasteiger partial charge in [-0.05, 0) is 49.4 Å². The maximum atomic E-state index is 12.4. The summed E-state index contributed by atoms with van der Waals surface area (Å²) < 4.78 is 0. The number of amides is 2. The third kappa shape index (κ3) is 6.13. The third-order valence-corrected chi connectivity index (χ3v) is 6.77. The molecule has 0 saturated carbocycles. The van der Waals surface area contributed by atoms with Crippen LogP contribution >= 0.6 is 11.3 Å². The van der Waals surface area contributed by atoms with Gasteiger partial charge in [-0.15, -0.1) is 11.3 Å². The number of hydrogen-bond donors (Lipinski definition) is 4. The fraction of sp³-hybridized carbons (Fsp3) is 0.455. The zero-order chi connectivity index (χ0) is 20.8. The van der Waals surface area contributed by atoms with Gasteiger partial charge in [0.25, 0.3) is 11.8 Å². The van der Waals surface area contributed by atoms with Gasteiger partial charge in [0, 0.05) is 10.6 Å². The van der Waals surface area contributed by atoms with Gasteiger partial charge in [0.1, 0.15) is 26.2 Å². The number of nitrogens with one attached hydrogen (secondary N) is 4. The minimum atomic E-state index is 0.0552. The van der Waals surface area contributed by atoms with Gasteiger partial charge < -0.3 is 20.4 Å². The van der Waals surface area contributed by atoms with Crippen molar-refractivity contribution in [3.63, 3.8) is 0 Å². The molecular formula is C22H32N4O2S+2. The summed E-state index contributed by atoms with van der Waals surface area (Å²) in [6.45, 7) is 10.7. The summed E-state index contributed by atoms with van der Waals surface area (Å²) in [4.78, 5) is 28.5. The van der Waals surface area contributed by atoms with Crippen LogP contribution in [0.25, 0.3) is 0 Å². The van der Waals surface area contributed by atoms with Gasteiger partial charge in [0.05, 0.1) is 6.04 Å². The normalized spacial score (nSPS) is 20.1. The van der Waals surface area contributed by atoms with E-state index in [-0.39, 0.29) is 17.9 Å². The van der Waals surface area contributed by atoms with Crippen molar-refractivity contribution in [3.05, 3.63) is 51.7 Å². The van der Waals surface area contributed by atoms with Crippen molar-refractivity contribution >= 4 is 28.8 Å². The van der Waals surface area contributed by atoms with Crippen molar-refractivity contribution < 1.29 is 19.4 Å². The molecule has 0 aliphatic carbocycles. The van der Waals surface area contributed by atoms with Crippen LogP contribution in [0.2, 0.25) is 0 Å². The van der Waals surface area contributed by atoms with E-state index >= 15 is 0 Å². The lowest BCUT2D eigenvalue weighted by Crippen LogP contribution is -3.28. The summed E-state index contributed by atoms with van der Waals surface area (Å²) in [7, 11) is 0. The highest BCUT2D eigenvalue weighted by Gasteiger charge is 2.27. The molecule has 0 spiro atoms. The van der Waals surface area contributed by atoms with Crippen molar-refractivity contribution in [2.45, 2.75) is 26.8 Å². The molecule has 29 heavy (non-hydrogen) atoms. The molecule has 2 amide bonds. The number of aryl methyl sites for hydroxylation is 1. The summed E-state index contributed by atoms with van der Waals surface area (Å²) in [5, 5.41) is 8.17. The van der Waals surface area contributed by atoms with Crippen LogP contribution < -0.4 is 20.4 Å². The SMILES string of the molecule is Cc1cccc(NC(=O)C[NH+]2CC[NH+](CC(=O)N[C@H](C)c3cccs3)CC2)c1C. The van der Waals surface area contributed by atoms with E-state index in [1.165, 1.54) is 20.2 Å². The molecule has 2 aromatic rings. The highest BCUT2D eigenvalue weighted by Crippen LogP contribution is 2.18. The lowest BCUT2D eigenvalue weighted by Gasteiger charge is -2.29. The Morgan fingerprint density at radius 1 is 1.00 bits per heavy atom. The molecule has 6 nitrogen and oxygen atoms in total. The van der Waals surface area contributed by atoms with Gasteiger partial charge in [-0.3, -0.25) is 9.59 Å². The maximum Gasteiger partial charge on any atom is 0.279 e. The Balaban J connectivity index is 1.39. The van der Waals surface area contributed by atoms with Crippen LogP contribution in [0.4, 0.5) is 5.69 Å². The number of anilines is 1. The van der Waals surface area contributed by atoms with E-state index < -0.39 is 0 Å². The van der Waals surface area contributed by atoms with Crippen LogP contribution in [0.5, 0.6) is 0 Å². The fourth-order valence-electron chi connectivity index (χ4n) is 3.75. The second-order valence-corrected chi connectivity index (χ2v) is 8.93. The summed E-state index contributed by atoms with van der Waals surface area (Å²) in [6, 6.07) is 10.1. The van der Waals surface area contributed by atoms with E-state index in [4.69, 9.17) is 0 Å². The average Bonchev–Trinajstić information content (AvgIpc) is 3.22. The first-order chi connectivity index (χ1) is 13.9. The molecule has 1 atom stereocenters. The first kappa shape index (κ1) is 21.5. The number of piperazine rings is 1. The van der Waals surface area contributed by atoms with E-state index in [9.17, 15) is 9.59 Å². The molecule has 1 aromatic heterocycles. The number of rotatable bonds is 7. The van der Waals surface area contributed by atoms with Crippen LogP contribution in [-0.4, -0.2) is 51.1 Å². The number of thiophene rings is 1. The van der Waals surface area contributed by atoms with E-state index in [2.05, 4.69) is 23.6 Å². The van der Waals surface area contributed by atoms with Crippen molar-refractivity contribution in [2.75, 3.05) is 44.6 Å². The second-order valence-electron chi connectivity index (χ2n) is 7.95. The number of quaternary nitrogens is 2. The standard InChI is InChI=1S/C22H30N4O2S/c1-16-6-4-7-19(17(16)2)24-22(28)15-26-11-9-25(10-12-26)14-21(27)23-18(3)20-8-5-13-29-20/h4-8,13,18H,9-12,14-15H2,1-3H3,(H,23,27)(H,24,28)/p+2/t18-/m1/s1. The topological polar surface area (TPSA) is 67.1 Å². The van der Waals surface area contributed by atoms with Crippen LogP contribution in [0.15, 0.2) is 35.7 Å². The average molecular weight is 417 g/mol. The molecule has 4 N–H and O–H groups in total. The van der Waals surface area contributed by atoms with Gasteiger partial charge in [-0.25, -0.2) is 0 Å². The largest absolute Gasteiger partial charge is 0.344 e. The van der Waals surface area contributed by atoms with E-state index in [0.29, 0.717) is 13.1 Å². The minimum Gasteiger partial charge on any atom is -0.344 e. The zero-order valence-corrected chi connectivity index (χ0v) is 18.3. The Kier molecular flexibility index (Phi) is 7.41. The van der Waals surface area contributed by atoms with Crippen molar-refractivity contribution in [3.8, 4) is 0 Å². The van der Waals surface area contributed by atoms with Gasteiger partial charge in [-0.2, -0.15) is 0 Å². The van der Waals surface area contributed by atoms with E-state index in [1.54, 1.807) is 11.3 Å². The first-order valence-corrected chi connectivity index (χ1v) is 11.2. The Bertz CT molecular complexity index is 829. The monoisotopic (exact) mass is 416 g/mol. The Hall–Kier alpha value is -2.22. The second kappa shape index (κ2) is 10.0. The molecule has 1 saturated heterocycles. The number of benzene rings is 1. The Morgan fingerprint density at radius 2 is 1.66 bits per heavy atom.